The minimum atomic E-state index is 0.143. The predicted octanol–water partition coefficient (Wildman–Crippen LogP) is 4.04. The summed E-state index contributed by atoms with van der Waals surface area (Å²) < 4.78 is 0. The van der Waals surface area contributed by atoms with Crippen molar-refractivity contribution in [2.24, 2.45) is 5.92 Å². The van der Waals surface area contributed by atoms with Gasteiger partial charge in [0, 0.05) is 11.7 Å². The number of hydrogen-bond acceptors (Lipinski definition) is 2. The van der Waals surface area contributed by atoms with Crippen LogP contribution in [0.3, 0.4) is 0 Å². The lowest BCUT2D eigenvalue weighted by Gasteiger charge is -2.27. The van der Waals surface area contributed by atoms with Crippen molar-refractivity contribution in [1.82, 2.24) is 0 Å². The molecular formula is C13H18ClNO. The number of halogens is 1. The molecule has 88 valence electrons. The number of aromatic hydroxyl groups is 1. The van der Waals surface area contributed by atoms with Crippen LogP contribution in [0.15, 0.2) is 18.2 Å². The summed E-state index contributed by atoms with van der Waals surface area (Å²) in [7, 11) is 0. The lowest BCUT2D eigenvalue weighted by molar-refractivity contribution is 0.361. The predicted molar refractivity (Wildman–Crippen MR) is 68.2 cm³/mol. The van der Waals surface area contributed by atoms with Crippen LogP contribution in [0.4, 0.5) is 5.69 Å². The van der Waals surface area contributed by atoms with Gasteiger partial charge in [0.2, 0.25) is 0 Å². The molecule has 1 aliphatic rings. The number of benzene rings is 1. The number of rotatable bonds is 2. The maximum atomic E-state index is 9.32. The van der Waals surface area contributed by atoms with E-state index in [0.29, 0.717) is 11.1 Å². The third-order valence-electron chi connectivity index (χ3n) is 3.33. The van der Waals surface area contributed by atoms with Crippen molar-refractivity contribution in [2.75, 3.05) is 5.32 Å². The van der Waals surface area contributed by atoms with Gasteiger partial charge in [-0.05, 0) is 49.8 Å². The lowest BCUT2D eigenvalue weighted by atomic mass is 9.87. The zero-order valence-corrected chi connectivity index (χ0v) is 10.3. The zero-order valence-electron chi connectivity index (χ0n) is 9.54. The summed E-state index contributed by atoms with van der Waals surface area (Å²) in [5, 5.41) is 13.2. The molecule has 1 aliphatic carbocycles. The molecule has 0 amide bonds. The fourth-order valence-electron chi connectivity index (χ4n) is 2.24. The molecule has 2 rings (SSSR count). The van der Waals surface area contributed by atoms with Gasteiger partial charge in [0.15, 0.2) is 0 Å². The standard InChI is InChI=1S/C13H18ClNO/c1-9-2-4-10(5-3-9)15-11-6-7-13(16)12(14)8-11/h6-10,15-16H,2-5H2,1H3. The highest BCUT2D eigenvalue weighted by Gasteiger charge is 2.17. The number of phenolic OH excluding ortho intramolecular Hbond substituents is 1. The average Bonchev–Trinajstić information content (AvgIpc) is 2.27. The molecule has 0 spiro atoms. The second-order valence-corrected chi connectivity index (χ2v) is 5.17. The Bertz CT molecular complexity index is 359. The number of phenols is 1. The third kappa shape index (κ3) is 2.82. The summed E-state index contributed by atoms with van der Waals surface area (Å²) in [6.07, 6.45) is 5.03. The molecule has 0 heterocycles. The van der Waals surface area contributed by atoms with Crippen LogP contribution in [-0.4, -0.2) is 11.1 Å². The Morgan fingerprint density at radius 3 is 2.56 bits per heavy atom. The molecule has 0 radical (unpaired) electrons. The first-order valence-electron chi connectivity index (χ1n) is 5.90. The highest BCUT2D eigenvalue weighted by atomic mass is 35.5. The highest BCUT2D eigenvalue weighted by molar-refractivity contribution is 6.32. The van der Waals surface area contributed by atoms with E-state index < -0.39 is 0 Å². The van der Waals surface area contributed by atoms with Gasteiger partial charge in [-0.3, -0.25) is 0 Å². The molecule has 0 unspecified atom stereocenters. The topological polar surface area (TPSA) is 32.3 Å². The van der Waals surface area contributed by atoms with E-state index >= 15 is 0 Å². The van der Waals surface area contributed by atoms with Crippen molar-refractivity contribution >= 4 is 17.3 Å². The van der Waals surface area contributed by atoms with Gasteiger partial charge in [-0.25, -0.2) is 0 Å². The van der Waals surface area contributed by atoms with Crippen molar-refractivity contribution in [2.45, 2.75) is 38.6 Å². The third-order valence-corrected chi connectivity index (χ3v) is 3.64. The first kappa shape index (κ1) is 11.6. The number of hydrogen-bond donors (Lipinski definition) is 2. The van der Waals surface area contributed by atoms with Crippen LogP contribution in [0, 0.1) is 5.92 Å². The molecule has 0 aliphatic heterocycles. The van der Waals surface area contributed by atoms with E-state index in [1.54, 1.807) is 12.1 Å². The quantitative estimate of drug-likeness (QED) is 0.764. The van der Waals surface area contributed by atoms with Crippen LogP contribution in [0.1, 0.15) is 32.6 Å². The van der Waals surface area contributed by atoms with Gasteiger partial charge in [0.05, 0.1) is 5.02 Å². The fraction of sp³-hybridized carbons (Fsp3) is 0.538. The summed E-state index contributed by atoms with van der Waals surface area (Å²) in [6, 6.07) is 5.85. The van der Waals surface area contributed by atoms with Gasteiger partial charge in [-0.2, -0.15) is 0 Å². The number of nitrogens with one attached hydrogen (secondary N) is 1. The first-order valence-corrected chi connectivity index (χ1v) is 6.28. The Morgan fingerprint density at radius 2 is 1.94 bits per heavy atom. The Kier molecular flexibility index (Phi) is 3.59. The minimum Gasteiger partial charge on any atom is -0.506 e. The van der Waals surface area contributed by atoms with Crippen LogP contribution >= 0.6 is 11.6 Å². The summed E-state index contributed by atoms with van der Waals surface area (Å²) >= 11 is 5.86. The van der Waals surface area contributed by atoms with Gasteiger partial charge < -0.3 is 10.4 Å². The smallest absolute Gasteiger partial charge is 0.134 e. The molecule has 0 atom stereocenters. The molecule has 1 fully saturated rings. The van der Waals surface area contributed by atoms with E-state index in [4.69, 9.17) is 11.6 Å². The zero-order chi connectivity index (χ0) is 11.5. The Morgan fingerprint density at radius 1 is 1.25 bits per heavy atom. The van der Waals surface area contributed by atoms with Crippen LogP contribution in [0.5, 0.6) is 5.75 Å². The van der Waals surface area contributed by atoms with Crippen molar-refractivity contribution in [3.8, 4) is 5.75 Å². The first-order chi connectivity index (χ1) is 7.65. The van der Waals surface area contributed by atoms with E-state index in [1.165, 1.54) is 25.7 Å². The normalized spacial score (nSPS) is 25.4. The molecule has 2 nitrogen and oxygen atoms in total. The second-order valence-electron chi connectivity index (χ2n) is 4.77. The monoisotopic (exact) mass is 239 g/mol. The lowest BCUT2D eigenvalue weighted by Crippen LogP contribution is -2.25. The van der Waals surface area contributed by atoms with Crippen molar-refractivity contribution in [3.63, 3.8) is 0 Å². The van der Waals surface area contributed by atoms with Crippen LogP contribution in [0.2, 0.25) is 5.02 Å². The average molecular weight is 240 g/mol. The molecule has 0 bridgehead atoms. The Hall–Kier alpha value is -0.890. The SMILES string of the molecule is CC1CCC(Nc2ccc(O)c(Cl)c2)CC1. The fourth-order valence-corrected chi connectivity index (χ4v) is 2.42. The molecule has 3 heteroatoms. The Labute approximate surface area is 102 Å². The maximum Gasteiger partial charge on any atom is 0.134 e. The van der Waals surface area contributed by atoms with Gasteiger partial charge in [-0.1, -0.05) is 18.5 Å². The molecule has 2 N–H and O–H groups in total. The molecule has 1 aromatic rings. The minimum absolute atomic E-state index is 0.143. The summed E-state index contributed by atoms with van der Waals surface area (Å²) in [5.41, 5.74) is 1.00. The van der Waals surface area contributed by atoms with Gasteiger partial charge >= 0.3 is 0 Å². The van der Waals surface area contributed by atoms with E-state index in [9.17, 15) is 5.11 Å². The maximum absolute atomic E-state index is 9.32. The van der Waals surface area contributed by atoms with Crippen LogP contribution in [0.25, 0.3) is 0 Å². The van der Waals surface area contributed by atoms with Crippen LogP contribution in [-0.2, 0) is 0 Å². The Balaban J connectivity index is 1.96. The summed E-state index contributed by atoms with van der Waals surface area (Å²) in [6.45, 7) is 2.31. The second kappa shape index (κ2) is 4.96. The van der Waals surface area contributed by atoms with E-state index in [1.807, 2.05) is 6.07 Å². The highest BCUT2D eigenvalue weighted by Crippen LogP contribution is 2.29. The van der Waals surface area contributed by atoms with Gasteiger partial charge in [-0.15, -0.1) is 0 Å². The molecule has 16 heavy (non-hydrogen) atoms. The summed E-state index contributed by atoms with van der Waals surface area (Å²) in [5.74, 6) is 1.01. The molecule has 0 saturated heterocycles. The number of anilines is 1. The summed E-state index contributed by atoms with van der Waals surface area (Å²) in [4.78, 5) is 0. The van der Waals surface area contributed by atoms with Crippen LogP contribution < -0.4 is 5.32 Å². The van der Waals surface area contributed by atoms with Gasteiger partial charge in [0.25, 0.3) is 0 Å². The van der Waals surface area contributed by atoms with E-state index in [2.05, 4.69) is 12.2 Å². The van der Waals surface area contributed by atoms with Crippen molar-refractivity contribution < 1.29 is 5.11 Å². The molecule has 1 aromatic carbocycles. The molecule has 0 aromatic heterocycles. The molecular weight excluding hydrogens is 222 g/mol. The van der Waals surface area contributed by atoms with E-state index in [0.717, 1.165) is 11.6 Å². The largest absolute Gasteiger partial charge is 0.506 e. The van der Waals surface area contributed by atoms with Crippen molar-refractivity contribution in [3.05, 3.63) is 23.2 Å². The van der Waals surface area contributed by atoms with E-state index in [-0.39, 0.29) is 5.75 Å². The van der Waals surface area contributed by atoms with Crippen molar-refractivity contribution in [1.29, 1.82) is 0 Å². The van der Waals surface area contributed by atoms with Gasteiger partial charge in [0.1, 0.15) is 5.75 Å². The molecule has 1 saturated carbocycles.